The predicted molar refractivity (Wildman–Crippen MR) is 229 cm³/mol. The number of anilines is 3. The van der Waals surface area contributed by atoms with Gasteiger partial charge in [0.1, 0.15) is 0 Å². The lowest BCUT2D eigenvalue weighted by Gasteiger charge is -2.26. The molecule has 10 rings (SSSR count). The monoisotopic (exact) mass is 702 g/mol. The van der Waals surface area contributed by atoms with E-state index < -0.39 is 0 Å². The summed E-state index contributed by atoms with van der Waals surface area (Å²) in [5.74, 6) is 0.678. The molecule has 0 atom stereocenters. The van der Waals surface area contributed by atoms with Crippen LogP contribution in [0.2, 0.25) is 0 Å². The molecule has 0 aliphatic heterocycles. The van der Waals surface area contributed by atoms with E-state index in [1.165, 1.54) is 10.8 Å². The van der Waals surface area contributed by atoms with E-state index >= 15 is 0 Å². The van der Waals surface area contributed by atoms with Gasteiger partial charge in [0.2, 0.25) is 0 Å². The van der Waals surface area contributed by atoms with Crippen LogP contribution in [-0.4, -0.2) is 15.0 Å². The largest absolute Gasteiger partial charge is 0.310 e. The number of hydrogen-bond donors (Lipinski definition) is 0. The normalized spacial score (nSPS) is 11.3. The van der Waals surface area contributed by atoms with E-state index in [0.29, 0.717) is 5.82 Å². The first-order valence-corrected chi connectivity index (χ1v) is 18.5. The molecule has 0 aliphatic carbocycles. The lowest BCUT2D eigenvalue weighted by molar-refractivity contribution is 1.18. The van der Waals surface area contributed by atoms with Crippen LogP contribution in [0.5, 0.6) is 0 Å². The van der Waals surface area contributed by atoms with Gasteiger partial charge in [-0.1, -0.05) is 164 Å². The van der Waals surface area contributed by atoms with Crippen molar-refractivity contribution in [3.05, 3.63) is 206 Å². The number of pyridine rings is 1. The van der Waals surface area contributed by atoms with Gasteiger partial charge in [0.25, 0.3) is 0 Å². The third-order valence-electron chi connectivity index (χ3n) is 10.2. The highest BCUT2D eigenvalue weighted by atomic mass is 15.1. The zero-order chi connectivity index (χ0) is 36.6. The van der Waals surface area contributed by atoms with Crippen molar-refractivity contribution in [3.63, 3.8) is 0 Å². The molecular weight excluding hydrogens is 669 g/mol. The molecule has 2 aromatic heterocycles. The van der Waals surface area contributed by atoms with Crippen LogP contribution >= 0.6 is 0 Å². The number of para-hydroxylation sites is 3. The molecule has 55 heavy (non-hydrogen) atoms. The molecule has 0 amide bonds. The third-order valence-corrected chi connectivity index (χ3v) is 10.2. The minimum Gasteiger partial charge on any atom is -0.310 e. The Hall–Kier alpha value is -7.43. The second-order valence-electron chi connectivity index (χ2n) is 13.6. The van der Waals surface area contributed by atoms with Crippen molar-refractivity contribution in [1.82, 2.24) is 15.0 Å². The van der Waals surface area contributed by atoms with Crippen LogP contribution in [0.1, 0.15) is 0 Å². The topological polar surface area (TPSA) is 41.9 Å². The van der Waals surface area contributed by atoms with Gasteiger partial charge in [-0.25, -0.2) is 15.0 Å². The van der Waals surface area contributed by atoms with Crippen molar-refractivity contribution >= 4 is 49.5 Å². The number of fused-ring (bicyclic) bond motifs is 5. The number of hydrogen-bond acceptors (Lipinski definition) is 4. The van der Waals surface area contributed by atoms with E-state index in [1.807, 2.05) is 36.4 Å². The molecule has 0 spiro atoms. The maximum absolute atomic E-state index is 5.52. The fourth-order valence-electron chi connectivity index (χ4n) is 7.66. The van der Waals surface area contributed by atoms with E-state index in [9.17, 15) is 0 Å². The van der Waals surface area contributed by atoms with Gasteiger partial charge >= 0.3 is 0 Å². The van der Waals surface area contributed by atoms with Gasteiger partial charge in [-0.05, 0) is 53.2 Å². The minimum atomic E-state index is 0.678. The van der Waals surface area contributed by atoms with Gasteiger partial charge in [0, 0.05) is 55.5 Å². The molecule has 4 nitrogen and oxygen atoms in total. The summed E-state index contributed by atoms with van der Waals surface area (Å²) in [7, 11) is 0. The average Bonchev–Trinajstić information content (AvgIpc) is 3.27. The Kier molecular flexibility index (Phi) is 8.12. The Labute approximate surface area is 319 Å². The van der Waals surface area contributed by atoms with Crippen molar-refractivity contribution in [1.29, 1.82) is 0 Å². The molecule has 0 bridgehead atoms. The van der Waals surface area contributed by atoms with Gasteiger partial charge in [-0.15, -0.1) is 0 Å². The number of nitrogens with zero attached hydrogens (tertiary/aromatic N) is 4. The standard InChI is InChI=1S/C51H34N4/c1-6-17-35(18-7-1)46-34-47(53-51(52-46)37-21-10-3-11-22-37)43-27-16-28-44-48-42-32-30-41(55(39-23-12-4-13-24-39)40-25-14-5-15-26-40)33-38(42)29-31-45(48)49(54-50(43)44)36-19-8-2-9-20-36/h1-34H. The fraction of sp³-hybridized carbons (Fsp3) is 0. The SMILES string of the molecule is c1ccc(-c2cc(-c3cccc4c3nc(-c3ccccc3)c3ccc5cc(N(c6ccccc6)c6ccccc6)ccc5c34)nc(-c3ccccc3)n2)cc1. The van der Waals surface area contributed by atoms with Crippen LogP contribution in [0, 0.1) is 0 Å². The van der Waals surface area contributed by atoms with Crippen LogP contribution in [0.4, 0.5) is 17.1 Å². The summed E-state index contributed by atoms with van der Waals surface area (Å²) in [5, 5.41) is 5.67. The molecule has 258 valence electrons. The van der Waals surface area contributed by atoms with Crippen LogP contribution < -0.4 is 4.90 Å². The smallest absolute Gasteiger partial charge is 0.160 e. The highest BCUT2D eigenvalue weighted by molar-refractivity contribution is 6.24. The van der Waals surface area contributed by atoms with Crippen LogP contribution in [0.3, 0.4) is 0 Å². The minimum absolute atomic E-state index is 0.678. The summed E-state index contributed by atoms with van der Waals surface area (Å²) < 4.78 is 0. The summed E-state index contributed by atoms with van der Waals surface area (Å²) in [4.78, 5) is 18.1. The summed E-state index contributed by atoms with van der Waals surface area (Å²) in [6.07, 6.45) is 0. The Bertz CT molecular complexity index is 2850. The average molecular weight is 703 g/mol. The third kappa shape index (κ3) is 5.96. The molecule has 0 saturated heterocycles. The second-order valence-corrected chi connectivity index (χ2v) is 13.6. The zero-order valence-electron chi connectivity index (χ0n) is 29.9. The molecule has 0 radical (unpaired) electrons. The van der Waals surface area contributed by atoms with Crippen LogP contribution in [0.25, 0.3) is 77.6 Å². The maximum atomic E-state index is 5.52. The second kappa shape index (κ2) is 13.8. The first-order chi connectivity index (χ1) is 27.3. The van der Waals surface area contributed by atoms with Crippen LogP contribution in [-0.2, 0) is 0 Å². The first-order valence-electron chi connectivity index (χ1n) is 18.5. The van der Waals surface area contributed by atoms with E-state index in [2.05, 4.69) is 175 Å². The Morgan fingerprint density at radius 3 is 1.56 bits per heavy atom. The molecule has 0 fully saturated rings. The quantitative estimate of drug-likeness (QED) is 0.155. The molecule has 10 aromatic rings. The summed E-state index contributed by atoms with van der Waals surface area (Å²) in [6, 6.07) is 72.0. The van der Waals surface area contributed by atoms with Gasteiger partial charge in [-0.2, -0.15) is 0 Å². The van der Waals surface area contributed by atoms with E-state index in [-0.39, 0.29) is 0 Å². The van der Waals surface area contributed by atoms with Crippen molar-refractivity contribution in [2.75, 3.05) is 4.90 Å². The van der Waals surface area contributed by atoms with E-state index in [1.54, 1.807) is 0 Å². The Morgan fingerprint density at radius 2 is 0.909 bits per heavy atom. The maximum Gasteiger partial charge on any atom is 0.160 e. The molecule has 0 N–H and O–H groups in total. The van der Waals surface area contributed by atoms with E-state index in [4.69, 9.17) is 15.0 Å². The lowest BCUT2D eigenvalue weighted by Crippen LogP contribution is -2.09. The van der Waals surface area contributed by atoms with Gasteiger partial charge < -0.3 is 4.90 Å². The van der Waals surface area contributed by atoms with Crippen molar-refractivity contribution in [3.8, 4) is 45.2 Å². The lowest BCUT2D eigenvalue weighted by atomic mass is 9.93. The van der Waals surface area contributed by atoms with Gasteiger partial charge in [0.05, 0.1) is 22.6 Å². The summed E-state index contributed by atoms with van der Waals surface area (Å²) >= 11 is 0. The molecule has 2 heterocycles. The van der Waals surface area contributed by atoms with Crippen molar-refractivity contribution in [2.45, 2.75) is 0 Å². The molecule has 0 aliphatic rings. The Balaban J connectivity index is 1.24. The molecule has 0 unspecified atom stereocenters. The van der Waals surface area contributed by atoms with Crippen molar-refractivity contribution in [2.24, 2.45) is 0 Å². The van der Waals surface area contributed by atoms with Gasteiger partial charge in [0.15, 0.2) is 5.82 Å². The Morgan fingerprint density at radius 1 is 0.345 bits per heavy atom. The number of rotatable bonds is 7. The molecular formula is C51H34N4. The molecule has 4 heteroatoms. The molecule has 8 aromatic carbocycles. The number of aromatic nitrogens is 3. The van der Waals surface area contributed by atoms with Gasteiger partial charge in [-0.3, -0.25) is 0 Å². The fourth-order valence-corrected chi connectivity index (χ4v) is 7.66. The summed E-state index contributed by atoms with van der Waals surface area (Å²) in [5.41, 5.74) is 10.9. The predicted octanol–water partition coefficient (Wildman–Crippen LogP) is 13.5. The first kappa shape index (κ1) is 32.2. The van der Waals surface area contributed by atoms with E-state index in [0.717, 1.165) is 78.1 Å². The highest BCUT2D eigenvalue weighted by Crippen LogP contribution is 2.42. The van der Waals surface area contributed by atoms with Crippen LogP contribution in [0.15, 0.2) is 206 Å². The number of benzene rings is 8. The van der Waals surface area contributed by atoms with Crippen molar-refractivity contribution < 1.29 is 0 Å². The zero-order valence-corrected chi connectivity index (χ0v) is 29.9. The summed E-state index contributed by atoms with van der Waals surface area (Å²) in [6.45, 7) is 0. The highest BCUT2D eigenvalue weighted by Gasteiger charge is 2.19. The molecule has 0 saturated carbocycles.